The number of hydrogen-bond acceptors (Lipinski definition) is 3. The highest BCUT2D eigenvalue weighted by atomic mass is 16.5. The van der Waals surface area contributed by atoms with Crippen molar-refractivity contribution in [3.63, 3.8) is 0 Å². The second-order valence-electron chi connectivity index (χ2n) is 6.67. The maximum absolute atomic E-state index is 12.2. The molecular formula is C23H24N2O3. The first-order valence-electron chi connectivity index (χ1n) is 9.29. The summed E-state index contributed by atoms with van der Waals surface area (Å²) >= 11 is 0. The van der Waals surface area contributed by atoms with Crippen molar-refractivity contribution in [1.82, 2.24) is 4.57 Å². The van der Waals surface area contributed by atoms with E-state index in [4.69, 9.17) is 4.74 Å². The number of nitrogens with zero attached hydrogens (tertiary/aromatic N) is 1. The molecule has 0 radical (unpaired) electrons. The number of hydrogen-bond donors (Lipinski definition) is 1. The zero-order valence-electron chi connectivity index (χ0n) is 16.4. The summed E-state index contributed by atoms with van der Waals surface area (Å²) in [5.74, 6) is -0.892. The summed E-state index contributed by atoms with van der Waals surface area (Å²) in [6.07, 6.45) is 0.939. The van der Waals surface area contributed by atoms with Gasteiger partial charge in [-0.1, -0.05) is 19.1 Å². The average Bonchev–Trinajstić information content (AvgIpc) is 3.05. The Morgan fingerprint density at radius 2 is 1.50 bits per heavy atom. The van der Waals surface area contributed by atoms with E-state index in [0.717, 1.165) is 23.5 Å². The third-order valence-corrected chi connectivity index (χ3v) is 4.61. The Bertz CT molecular complexity index is 951. The molecule has 0 aliphatic rings. The van der Waals surface area contributed by atoms with Crippen LogP contribution in [0.3, 0.4) is 0 Å². The van der Waals surface area contributed by atoms with Crippen LogP contribution in [0.2, 0.25) is 0 Å². The highest BCUT2D eigenvalue weighted by Gasteiger charge is 2.11. The van der Waals surface area contributed by atoms with E-state index in [9.17, 15) is 9.59 Å². The number of nitrogens with one attached hydrogen (secondary N) is 1. The number of rotatable bonds is 6. The summed E-state index contributed by atoms with van der Waals surface area (Å²) < 4.78 is 7.23. The molecule has 1 amide bonds. The van der Waals surface area contributed by atoms with E-state index in [-0.39, 0.29) is 12.5 Å². The fourth-order valence-electron chi connectivity index (χ4n) is 3.06. The van der Waals surface area contributed by atoms with Gasteiger partial charge in [-0.25, -0.2) is 4.79 Å². The quantitative estimate of drug-likeness (QED) is 0.647. The van der Waals surface area contributed by atoms with E-state index in [2.05, 4.69) is 16.8 Å². The lowest BCUT2D eigenvalue weighted by Crippen LogP contribution is -2.20. The van der Waals surface area contributed by atoms with Crippen LogP contribution in [0.1, 0.15) is 34.2 Å². The molecule has 0 aliphatic carbocycles. The topological polar surface area (TPSA) is 60.3 Å². The summed E-state index contributed by atoms with van der Waals surface area (Å²) in [7, 11) is 0. The van der Waals surface area contributed by atoms with Crippen LogP contribution >= 0.6 is 0 Å². The van der Waals surface area contributed by atoms with E-state index < -0.39 is 5.97 Å². The van der Waals surface area contributed by atoms with Crippen molar-refractivity contribution in [3.8, 4) is 5.69 Å². The fraction of sp³-hybridized carbons (Fsp3) is 0.217. The van der Waals surface area contributed by atoms with Gasteiger partial charge in [0.2, 0.25) is 0 Å². The molecule has 1 heterocycles. The normalized spacial score (nSPS) is 10.5. The molecule has 0 unspecified atom stereocenters. The average molecular weight is 376 g/mol. The largest absolute Gasteiger partial charge is 0.452 e. The summed E-state index contributed by atoms with van der Waals surface area (Å²) in [5, 5.41) is 2.72. The molecule has 0 fully saturated rings. The number of anilines is 1. The van der Waals surface area contributed by atoms with E-state index in [1.165, 1.54) is 5.56 Å². The second-order valence-corrected chi connectivity index (χ2v) is 6.67. The third-order valence-electron chi connectivity index (χ3n) is 4.61. The minimum atomic E-state index is -0.524. The van der Waals surface area contributed by atoms with Gasteiger partial charge in [-0.05, 0) is 74.4 Å². The van der Waals surface area contributed by atoms with Crippen LogP contribution in [0.25, 0.3) is 5.69 Å². The molecule has 3 aromatic rings. The van der Waals surface area contributed by atoms with Gasteiger partial charge in [0.05, 0.1) is 5.56 Å². The van der Waals surface area contributed by atoms with Crippen molar-refractivity contribution in [2.45, 2.75) is 27.2 Å². The van der Waals surface area contributed by atoms with Crippen LogP contribution in [0.4, 0.5) is 5.69 Å². The van der Waals surface area contributed by atoms with Gasteiger partial charge in [-0.15, -0.1) is 0 Å². The summed E-state index contributed by atoms with van der Waals surface area (Å²) in [5.41, 5.74) is 5.50. The maximum atomic E-state index is 12.2. The highest BCUT2D eigenvalue weighted by Crippen LogP contribution is 2.17. The highest BCUT2D eigenvalue weighted by molar-refractivity contribution is 5.95. The Labute approximate surface area is 165 Å². The molecule has 0 spiro atoms. The molecular weight excluding hydrogens is 352 g/mol. The summed E-state index contributed by atoms with van der Waals surface area (Å²) in [6, 6.07) is 18.8. The molecule has 0 saturated heterocycles. The zero-order valence-corrected chi connectivity index (χ0v) is 16.4. The smallest absolute Gasteiger partial charge is 0.338 e. The minimum absolute atomic E-state index is 0.327. The van der Waals surface area contributed by atoms with Gasteiger partial charge in [-0.2, -0.15) is 0 Å². The zero-order chi connectivity index (χ0) is 20.1. The molecule has 144 valence electrons. The van der Waals surface area contributed by atoms with E-state index in [0.29, 0.717) is 11.3 Å². The predicted molar refractivity (Wildman–Crippen MR) is 110 cm³/mol. The lowest BCUT2D eigenvalue weighted by Gasteiger charge is -2.10. The SMILES string of the molecule is CCc1ccc(NC(=O)COC(=O)c2ccc(-n3c(C)ccc3C)cc2)cc1. The fourth-order valence-corrected chi connectivity index (χ4v) is 3.06. The third kappa shape index (κ3) is 4.49. The van der Waals surface area contributed by atoms with Gasteiger partial charge in [0, 0.05) is 22.8 Å². The molecule has 2 aromatic carbocycles. The number of carbonyl (C=O) groups excluding carboxylic acids is 2. The standard InChI is InChI=1S/C23H24N2O3/c1-4-18-7-11-20(12-8-18)24-22(26)15-28-23(27)19-9-13-21(14-10-19)25-16(2)5-6-17(25)3/h5-14H,4,15H2,1-3H3,(H,24,26). The Morgan fingerprint density at radius 3 is 2.07 bits per heavy atom. The van der Waals surface area contributed by atoms with Gasteiger partial charge in [0.25, 0.3) is 5.91 Å². The molecule has 3 rings (SSSR count). The van der Waals surface area contributed by atoms with Gasteiger partial charge in [-0.3, -0.25) is 4.79 Å². The van der Waals surface area contributed by atoms with Crippen molar-refractivity contribution in [1.29, 1.82) is 0 Å². The number of benzene rings is 2. The summed E-state index contributed by atoms with van der Waals surface area (Å²) in [6.45, 7) is 5.81. The Kier molecular flexibility index (Phi) is 5.94. The monoisotopic (exact) mass is 376 g/mol. The number of amides is 1. The number of aromatic nitrogens is 1. The van der Waals surface area contributed by atoms with Crippen molar-refractivity contribution in [2.75, 3.05) is 11.9 Å². The number of ether oxygens (including phenoxy) is 1. The van der Waals surface area contributed by atoms with Gasteiger partial charge >= 0.3 is 5.97 Å². The molecule has 28 heavy (non-hydrogen) atoms. The Balaban J connectivity index is 1.56. The van der Waals surface area contributed by atoms with E-state index in [1.54, 1.807) is 12.1 Å². The van der Waals surface area contributed by atoms with Crippen molar-refractivity contribution >= 4 is 17.6 Å². The van der Waals surface area contributed by atoms with E-state index >= 15 is 0 Å². The lowest BCUT2D eigenvalue weighted by atomic mass is 10.1. The number of aryl methyl sites for hydroxylation is 3. The molecule has 0 saturated carbocycles. The number of carbonyl (C=O) groups is 2. The predicted octanol–water partition coefficient (Wildman–Crippen LogP) is 4.45. The molecule has 0 aliphatic heterocycles. The van der Waals surface area contributed by atoms with Gasteiger partial charge in [0.1, 0.15) is 0 Å². The van der Waals surface area contributed by atoms with Crippen LogP contribution in [0, 0.1) is 13.8 Å². The molecule has 1 N–H and O–H groups in total. The Morgan fingerprint density at radius 1 is 0.893 bits per heavy atom. The Hall–Kier alpha value is -3.34. The molecule has 0 bridgehead atoms. The number of esters is 1. The van der Waals surface area contributed by atoms with Crippen molar-refractivity contribution in [2.24, 2.45) is 0 Å². The van der Waals surface area contributed by atoms with Crippen LogP contribution < -0.4 is 5.32 Å². The molecule has 5 heteroatoms. The van der Waals surface area contributed by atoms with Gasteiger partial charge in [0.15, 0.2) is 6.61 Å². The summed E-state index contributed by atoms with van der Waals surface area (Å²) in [4.78, 5) is 24.2. The van der Waals surface area contributed by atoms with Crippen LogP contribution in [-0.4, -0.2) is 23.1 Å². The van der Waals surface area contributed by atoms with E-state index in [1.807, 2.05) is 62.4 Å². The molecule has 1 aromatic heterocycles. The lowest BCUT2D eigenvalue weighted by molar-refractivity contribution is -0.119. The van der Waals surface area contributed by atoms with Crippen molar-refractivity contribution in [3.05, 3.63) is 83.2 Å². The minimum Gasteiger partial charge on any atom is -0.452 e. The van der Waals surface area contributed by atoms with Crippen molar-refractivity contribution < 1.29 is 14.3 Å². The first-order valence-corrected chi connectivity index (χ1v) is 9.29. The van der Waals surface area contributed by atoms with Crippen LogP contribution in [0.15, 0.2) is 60.7 Å². The second kappa shape index (κ2) is 8.57. The molecule has 5 nitrogen and oxygen atoms in total. The maximum Gasteiger partial charge on any atom is 0.338 e. The first kappa shape index (κ1) is 19.4. The van der Waals surface area contributed by atoms with Crippen LogP contribution in [-0.2, 0) is 16.0 Å². The molecule has 0 atom stereocenters. The van der Waals surface area contributed by atoms with Gasteiger partial charge < -0.3 is 14.6 Å². The van der Waals surface area contributed by atoms with Crippen LogP contribution in [0.5, 0.6) is 0 Å². The first-order chi connectivity index (χ1) is 13.5.